The highest BCUT2D eigenvalue weighted by Gasteiger charge is 2.13. The minimum atomic E-state index is 0.537. The van der Waals surface area contributed by atoms with Crippen LogP contribution in [0.4, 0.5) is 0 Å². The quantitative estimate of drug-likeness (QED) is 0.652. The van der Waals surface area contributed by atoms with Crippen LogP contribution >= 0.6 is 0 Å². The summed E-state index contributed by atoms with van der Waals surface area (Å²) in [6, 6.07) is 1.15. The summed E-state index contributed by atoms with van der Waals surface area (Å²) in [6.45, 7) is 17.1. The van der Waals surface area contributed by atoms with Gasteiger partial charge < -0.3 is 5.32 Å². The summed E-state index contributed by atoms with van der Waals surface area (Å²) in [5.74, 6) is 0.695. The van der Waals surface area contributed by atoms with Crippen molar-refractivity contribution in [3.05, 3.63) is 12.2 Å². The molecule has 90 valence electrons. The van der Waals surface area contributed by atoms with E-state index < -0.39 is 0 Å². The van der Waals surface area contributed by atoms with Crippen molar-refractivity contribution in [1.29, 1.82) is 0 Å². The number of nitrogens with zero attached hydrogens (tertiary/aromatic N) is 1. The number of likely N-dealkylation sites (N-methyl/N-ethyl adjacent to an activating group) is 1. The molecule has 0 spiro atoms. The number of hydrogen-bond acceptors (Lipinski definition) is 2. The average Bonchev–Trinajstić information content (AvgIpc) is 2.13. The van der Waals surface area contributed by atoms with Crippen molar-refractivity contribution in [3.8, 4) is 0 Å². The van der Waals surface area contributed by atoms with Gasteiger partial charge in [-0.1, -0.05) is 34.3 Å². The second-order valence-electron chi connectivity index (χ2n) is 5.19. The van der Waals surface area contributed by atoms with Crippen LogP contribution in [-0.2, 0) is 0 Å². The van der Waals surface area contributed by atoms with E-state index in [1.165, 1.54) is 5.57 Å². The van der Waals surface area contributed by atoms with Crippen molar-refractivity contribution in [2.75, 3.05) is 20.1 Å². The summed E-state index contributed by atoms with van der Waals surface area (Å²) in [4.78, 5) is 2.37. The molecule has 0 aliphatic carbocycles. The summed E-state index contributed by atoms with van der Waals surface area (Å²) in [7, 11) is 2.17. The maximum absolute atomic E-state index is 4.10. The van der Waals surface area contributed by atoms with E-state index >= 15 is 0 Å². The predicted octanol–water partition coefficient (Wildman–Crippen LogP) is 2.52. The second kappa shape index (κ2) is 7.02. The van der Waals surface area contributed by atoms with E-state index in [9.17, 15) is 0 Å². The zero-order valence-electron chi connectivity index (χ0n) is 11.3. The van der Waals surface area contributed by atoms with Gasteiger partial charge in [0.2, 0.25) is 0 Å². The van der Waals surface area contributed by atoms with E-state index in [0.717, 1.165) is 13.1 Å². The smallest absolute Gasteiger partial charge is 0.0202 e. The molecule has 0 saturated carbocycles. The molecule has 0 aliphatic rings. The minimum absolute atomic E-state index is 0.537. The van der Waals surface area contributed by atoms with E-state index in [-0.39, 0.29) is 0 Å². The summed E-state index contributed by atoms with van der Waals surface area (Å²) in [5, 5.41) is 3.39. The predicted molar refractivity (Wildman–Crippen MR) is 69.2 cm³/mol. The Morgan fingerprint density at radius 2 is 1.73 bits per heavy atom. The molecule has 0 heterocycles. The first kappa shape index (κ1) is 14.7. The third-order valence-corrected chi connectivity index (χ3v) is 2.89. The van der Waals surface area contributed by atoms with Crippen LogP contribution in [0, 0.1) is 5.92 Å². The monoisotopic (exact) mass is 212 g/mol. The molecule has 0 saturated heterocycles. The molecule has 1 atom stereocenters. The number of rotatable bonds is 7. The SMILES string of the molecule is C=C(CNC(C)C)CN(C)C(C)C(C)C. The summed E-state index contributed by atoms with van der Waals surface area (Å²) < 4.78 is 0. The third kappa shape index (κ3) is 6.69. The Morgan fingerprint density at radius 3 is 2.13 bits per heavy atom. The molecule has 1 N–H and O–H groups in total. The van der Waals surface area contributed by atoms with E-state index in [1.807, 2.05) is 0 Å². The Kier molecular flexibility index (Phi) is 6.86. The van der Waals surface area contributed by atoms with Crippen LogP contribution in [0.15, 0.2) is 12.2 Å². The summed E-state index contributed by atoms with van der Waals surface area (Å²) in [6.07, 6.45) is 0. The van der Waals surface area contributed by atoms with E-state index in [4.69, 9.17) is 0 Å². The molecule has 1 unspecified atom stereocenters. The lowest BCUT2D eigenvalue weighted by Crippen LogP contribution is -2.36. The lowest BCUT2D eigenvalue weighted by molar-refractivity contribution is 0.222. The first-order chi connectivity index (χ1) is 6.84. The second-order valence-corrected chi connectivity index (χ2v) is 5.19. The Morgan fingerprint density at radius 1 is 1.20 bits per heavy atom. The van der Waals surface area contributed by atoms with Gasteiger partial charge in [-0.3, -0.25) is 4.90 Å². The molecule has 15 heavy (non-hydrogen) atoms. The first-order valence-electron chi connectivity index (χ1n) is 5.94. The normalized spacial score (nSPS) is 13.9. The molecule has 0 aromatic rings. The van der Waals surface area contributed by atoms with E-state index in [0.29, 0.717) is 18.0 Å². The molecular formula is C13H28N2. The highest BCUT2D eigenvalue weighted by Crippen LogP contribution is 2.09. The van der Waals surface area contributed by atoms with Crippen molar-refractivity contribution in [3.63, 3.8) is 0 Å². The Labute approximate surface area is 95.7 Å². The maximum Gasteiger partial charge on any atom is 0.0202 e. The van der Waals surface area contributed by atoms with Gasteiger partial charge in [0, 0.05) is 25.2 Å². The van der Waals surface area contributed by atoms with Crippen LogP contribution in [0.2, 0.25) is 0 Å². The molecular weight excluding hydrogens is 184 g/mol. The highest BCUT2D eigenvalue weighted by molar-refractivity contribution is 5.00. The zero-order valence-corrected chi connectivity index (χ0v) is 11.3. The lowest BCUT2D eigenvalue weighted by atomic mass is 10.0. The molecule has 0 aliphatic heterocycles. The Bertz CT molecular complexity index is 185. The lowest BCUT2D eigenvalue weighted by Gasteiger charge is -2.28. The van der Waals surface area contributed by atoms with Gasteiger partial charge in [0.1, 0.15) is 0 Å². The van der Waals surface area contributed by atoms with Crippen LogP contribution in [0.3, 0.4) is 0 Å². The van der Waals surface area contributed by atoms with Gasteiger partial charge in [-0.25, -0.2) is 0 Å². The Balaban J connectivity index is 3.85. The van der Waals surface area contributed by atoms with Crippen LogP contribution < -0.4 is 5.32 Å². The number of hydrogen-bond donors (Lipinski definition) is 1. The standard InChI is InChI=1S/C13H28N2/c1-10(2)13(6)15(7)9-12(5)8-14-11(3)4/h10-11,13-14H,5,8-9H2,1-4,6-7H3. The first-order valence-corrected chi connectivity index (χ1v) is 5.94. The highest BCUT2D eigenvalue weighted by atomic mass is 15.1. The van der Waals surface area contributed by atoms with Gasteiger partial charge in [0.25, 0.3) is 0 Å². The van der Waals surface area contributed by atoms with E-state index in [2.05, 4.69) is 58.5 Å². The maximum atomic E-state index is 4.10. The van der Waals surface area contributed by atoms with Gasteiger partial charge in [-0.2, -0.15) is 0 Å². The molecule has 0 rings (SSSR count). The summed E-state index contributed by atoms with van der Waals surface area (Å²) >= 11 is 0. The van der Waals surface area contributed by atoms with Gasteiger partial charge in [0.15, 0.2) is 0 Å². The van der Waals surface area contributed by atoms with Crippen molar-refractivity contribution in [2.45, 2.75) is 46.7 Å². The van der Waals surface area contributed by atoms with Crippen LogP contribution in [0.5, 0.6) is 0 Å². The molecule has 0 radical (unpaired) electrons. The molecule has 2 nitrogen and oxygen atoms in total. The van der Waals surface area contributed by atoms with E-state index in [1.54, 1.807) is 0 Å². The topological polar surface area (TPSA) is 15.3 Å². The third-order valence-electron chi connectivity index (χ3n) is 2.89. The minimum Gasteiger partial charge on any atom is -0.311 e. The fourth-order valence-electron chi connectivity index (χ4n) is 1.41. The molecule has 2 heteroatoms. The van der Waals surface area contributed by atoms with Crippen LogP contribution in [-0.4, -0.2) is 37.1 Å². The summed E-state index contributed by atoms with van der Waals surface area (Å²) in [5.41, 5.74) is 1.26. The van der Waals surface area contributed by atoms with Gasteiger partial charge >= 0.3 is 0 Å². The average molecular weight is 212 g/mol. The molecule has 0 aromatic carbocycles. The van der Waals surface area contributed by atoms with Crippen molar-refractivity contribution in [1.82, 2.24) is 10.2 Å². The van der Waals surface area contributed by atoms with Crippen LogP contribution in [0.1, 0.15) is 34.6 Å². The Hall–Kier alpha value is -0.340. The largest absolute Gasteiger partial charge is 0.311 e. The zero-order chi connectivity index (χ0) is 12.0. The number of nitrogens with one attached hydrogen (secondary N) is 1. The van der Waals surface area contributed by atoms with Gasteiger partial charge in [-0.15, -0.1) is 0 Å². The fourth-order valence-corrected chi connectivity index (χ4v) is 1.41. The molecule has 0 bridgehead atoms. The van der Waals surface area contributed by atoms with Gasteiger partial charge in [-0.05, 0) is 25.5 Å². The van der Waals surface area contributed by atoms with Gasteiger partial charge in [0.05, 0.1) is 0 Å². The molecule has 0 aromatic heterocycles. The van der Waals surface area contributed by atoms with Crippen molar-refractivity contribution >= 4 is 0 Å². The van der Waals surface area contributed by atoms with Crippen molar-refractivity contribution in [2.24, 2.45) is 5.92 Å². The van der Waals surface area contributed by atoms with Crippen LogP contribution in [0.25, 0.3) is 0 Å². The van der Waals surface area contributed by atoms with Crippen molar-refractivity contribution < 1.29 is 0 Å². The molecule has 0 fully saturated rings. The molecule has 0 amide bonds. The fraction of sp³-hybridized carbons (Fsp3) is 0.846.